The summed E-state index contributed by atoms with van der Waals surface area (Å²) in [6.45, 7) is 1.91. The van der Waals surface area contributed by atoms with Gasteiger partial charge in [-0.15, -0.1) is 0 Å². The molecule has 3 heterocycles. The number of nitriles is 1. The largest absolute Gasteiger partial charge is 0.373 e. The van der Waals surface area contributed by atoms with E-state index in [1.165, 1.54) is 6.20 Å². The van der Waals surface area contributed by atoms with Gasteiger partial charge >= 0.3 is 0 Å². The second-order valence-electron chi connectivity index (χ2n) is 8.46. The minimum absolute atomic E-state index is 0.0515. The summed E-state index contributed by atoms with van der Waals surface area (Å²) in [4.78, 5) is 26.6. The number of hydrogen-bond donors (Lipinski definition) is 3. The van der Waals surface area contributed by atoms with Crippen LogP contribution in [0, 0.1) is 11.3 Å². The Bertz CT molecular complexity index is 1710. The topological polar surface area (TPSA) is 135 Å². The van der Waals surface area contributed by atoms with E-state index < -0.39 is 6.04 Å². The number of para-hydroxylation sites is 1. The van der Waals surface area contributed by atoms with E-state index in [0.717, 1.165) is 22.2 Å². The quantitative estimate of drug-likeness (QED) is 0.318. The molecule has 0 amide bonds. The second-order valence-corrected chi connectivity index (χ2v) is 8.46. The van der Waals surface area contributed by atoms with Gasteiger partial charge in [-0.25, -0.2) is 9.97 Å². The van der Waals surface area contributed by atoms with Gasteiger partial charge in [0.25, 0.3) is 5.56 Å². The van der Waals surface area contributed by atoms with Crippen molar-refractivity contribution in [3.8, 4) is 22.9 Å². The highest BCUT2D eigenvalue weighted by Crippen LogP contribution is 2.31. The molecule has 2 aromatic carbocycles. The van der Waals surface area contributed by atoms with E-state index in [-0.39, 0.29) is 17.1 Å². The van der Waals surface area contributed by atoms with Gasteiger partial charge in [0.2, 0.25) is 5.95 Å². The molecular weight excluding hydrogens is 464 g/mol. The summed E-state index contributed by atoms with van der Waals surface area (Å²) in [6.07, 6.45) is 3.10. The number of nitrogen functional groups attached to an aromatic ring is 1. The number of anilines is 3. The highest BCUT2D eigenvalue weighted by molar-refractivity contribution is 5.96. The average Bonchev–Trinajstić information content (AvgIpc) is 2.93. The number of aromatic nitrogens is 4. The molecule has 0 saturated heterocycles. The molecule has 4 N–H and O–H groups in total. The van der Waals surface area contributed by atoms with Crippen LogP contribution in [0.4, 0.5) is 17.6 Å². The first-order valence-electron chi connectivity index (χ1n) is 11.7. The second kappa shape index (κ2) is 9.79. The third kappa shape index (κ3) is 4.44. The van der Waals surface area contributed by atoms with E-state index in [1.807, 2.05) is 73.7 Å². The van der Waals surface area contributed by atoms with Gasteiger partial charge in [-0.1, -0.05) is 36.4 Å². The Morgan fingerprint density at radius 1 is 1.05 bits per heavy atom. The summed E-state index contributed by atoms with van der Waals surface area (Å²) in [7, 11) is 1.81. The van der Waals surface area contributed by atoms with Gasteiger partial charge in [-0.05, 0) is 53.8 Å². The van der Waals surface area contributed by atoms with Crippen molar-refractivity contribution in [3.05, 3.63) is 101 Å². The predicted octanol–water partition coefficient (Wildman–Crippen LogP) is 4.51. The Labute approximate surface area is 213 Å². The van der Waals surface area contributed by atoms with Crippen LogP contribution in [-0.4, -0.2) is 26.6 Å². The monoisotopic (exact) mass is 488 g/mol. The molecule has 1 atom stereocenters. The van der Waals surface area contributed by atoms with Crippen molar-refractivity contribution in [1.82, 2.24) is 19.5 Å². The zero-order valence-corrected chi connectivity index (χ0v) is 20.3. The lowest BCUT2D eigenvalue weighted by Crippen LogP contribution is -2.26. The first kappa shape index (κ1) is 23.5. The zero-order valence-electron chi connectivity index (χ0n) is 20.3. The molecule has 0 unspecified atom stereocenters. The maximum Gasteiger partial charge on any atom is 0.263 e. The number of nitrogens with one attached hydrogen (secondary N) is 2. The lowest BCUT2D eigenvalue weighted by atomic mass is 9.98. The fourth-order valence-corrected chi connectivity index (χ4v) is 4.39. The lowest BCUT2D eigenvalue weighted by Gasteiger charge is -2.22. The molecule has 5 rings (SSSR count). The maximum absolute atomic E-state index is 14.2. The van der Waals surface area contributed by atoms with Crippen LogP contribution < -0.4 is 21.9 Å². The third-order valence-corrected chi connectivity index (χ3v) is 6.14. The summed E-state index contributed by atoms with van der Waals surface area (Å²) in [5.41, 5.74) is 9.00. The molecule has 0 radical (unpaired) electrons. The van der Waals surface area contributed by atoms with Crippen LogP contribution in [0.25, 0.3) is 27.6 Å². The Kier molecular flexibility index (Phi) is 6.22. The van der Waals surface area contributed by atoms with Crippen molar-refractivity contribution >= 4 is 28.4 Å². The lowest BCUT2D eigenvalue weighted by molar-refractivity contribution is 0.772. The van der Waals surface area contributed by atoms with Crippen molar-refractivity contribution in [2.75, 3.05) is 23.4 Å². The molecule has 5 aromatic rings. The smallest absolute Gasteiger partial charge is 0.263 e. The Balaban J connectivity index is 1.74. The van der Waals surface area contributed by atoms with Gasteiger partial charge < -0.3 is 16.4 Å². The molecule has 0 aliphatic rings. The summed E-state index contributed by atoms with van der Waals surface area (Å²) >= 11 is 0. The number of nitrogens with zero attached hydrogens (tertiary/aromatic N) is 5. The minimum atomic E-state index is -0.404. The normalized spacial score (nSPS) is 11.6. The van der Waals surface area contributed by atoms with Crippen LogP contribution in [-0.2, 0) is 0 Å². The Morgan fingerprint density at radius 2 is 1.86 bits per heavy atom. The van der Waals surface area contributed by atoms with Crippen LogP contribution in [0.2, 0.25) is 0 Å². The van der Waals surface area contributed by atoms with Gasteiger partial charge in [-0.3, -0.25) is 9.36 Å². The Hall–Kier alpha value is -5.23. The number of hydrogen-bond acceptors (Lipinski definition) is 8. The fourth-order valence-electron chi connectivity index (χ4n) is 4.39. The van der Waals surface area contributed by atoms with Crippen LogP contribution in [0.3, 0.4) is 0 Å². The average molecular weight is 489 g/mol. The van der Waals surface area contributed by atoms with Crippen molar-refractivity contribution in [1.29, 1.82) is 5.26 Å². The molecule has 0 aliphatic heterocycles. The number of nitrogens with two attached hydrogens (primary N) is 1. The first-order valence-corrected chi connectivity index (χ1v) is 11.7. The van der Waals surface area contributed by atoms with Crippen LogP contribution in [0.1, 0.15) is 24.2 Å². The number of pyridine rings is 2. The summed E-state index contributed by atoms with van der Waals surface area (Å²) < 4.78 is 1.69. The predicted molar refractivity (Wildman–Crippen MR) is 146 cm³/mol. The zero-order chi connectivity index (χ0) is 25.9. The molecule has 3 aromatic heterocycles. The summed E-state index contributed by atoms with van der Waals surface area (Å²) in [5, 5.41) is 17.2. The maximum atomic E-state index is 14.2. The molecule has 0 aliphatic carbocycles. The van der Waals surface area contributed by atoms with Crippen molar-refractivity contribution in [2.24, 2.45) is 0 Å². The van der Waals surface area contributed by atoms with Gasteiger partial charge in [-0.2, -0.15) is 10.2 Å². The summed E-state index contributed by atoms with van der Waals surface area (Å²) in [6, 6.07) is 22.7. The Morgan fingerprint density at radius 3 is 2.62 bits per heavy atom. The van der Waals surface area contributed by atoms with Crippen LogP contribution >= 0.6 is 0 Å². The first-order chi connectivity index (χ1) is 18.0. The van der Waals surface area contributed by atoms with E-state index in [0.29, 0.717) is 22.7 Å². The molecule has 0 bridgehead atoms. The van der Waals surface area contributed by atoms with Crippen LogP contribution in [0.15, 0.2) is 83.9 Å². The molecule has 0 spiro atoms. The molecule has 182 valence electrons. The van der Waals surface area contributed by atoms with Crippen molar-refractivity contribution in [2.45, 2.75) is 13.0 Å². The van der Waals surface area contributed by atoms with E-state index in [9.17, 15) is 10.1 Å². The van der Waals surface area contributed by atoms with Crippen LogP contribution in [0.5, 0.6) is 0 Å². The van der Waals surface area contributed by atoms with E-state index in [4.69, 9.17) is 5.73 Å². The van der Waals surface area contributed by atoms with Gasteiger partial charge in [0, 0.05) is 24.6 Å². The highest BCUT2D eigenvalue weighted by atomic mass is 16.1. The number of rotatable bonds is 6. The SMILES string of the molecule is CNc1cc(-c2cccc3cc([C@H](C)Nc4nc(N)ncc4C#N)n(-c4ccccc4)c(=O)c23)ccn1. The molecule has 0 saturated carbocycles. The number of benzene rings is 2. The van der Waals surface area contributed by atoms with Gasteiger partial charge in [0.15, 0.2) is 0 Å². The molecule has 9 nitrogen and oxygen atoms in total. The molecule has 0 fully saturated rings. The van der Waals surface area contributed by atoms with Crippen molar-refractivity contribution in [3.63, 3.8) is 0 Å². The molecular formula is C28H24N8O. The van der Waals surface area contributed by atoms with Crippen molar-refractivity contribution < 1.29 is 0 Å². The van der Waals surface area contributed by atoms with Gasteiger partial charge in [0.05, 0.1) is 17.6 Å². The highest BCUT2D eigenvalue weighted by Gasteiger charge is 2.20. The number of fused-ring (bicyclic) bond motifs is 1. The summed E-state index contributed by atoms with van der Waals surface area (Å²) in [5.74, 6) is 1.07. The third-order valence-electron chi connectivity index (χ3n) is 6.14. The minimum Gasteiger partial charge on any atom is -0.373 e. The standard InChI is InChI=1S/C28H24N8O/c1-17(34-26-20(15-29)16-33-28(30)35-26)23-13-19-7-6-10-22(18-11-12-32-24(14-18)31-2)25(19)27(37)36(23)21-8-4-3-5-9-21/h3-14,16-17H,1-2H3,(H,31,32)(H3,30,33,34,35)/t17-/m0/s1. The van der Waals surface area contributed by atoms with E-state index in [2.05, 4.69) is 31.7 Å². The van der Waals surface area contributed by atoms with Gasteiger partial charge in [0.1, 0.15) is 23.3 Å². The molecule has 9 heteroatoms. The van der Waals surface area contributed by atoms with E-state index >= 15 is 0 Å². The van der Waals surface area contributed by atoms with E-state index in [1.54, 1.807) is 17.8 Å². The fraction of sp³-hybridized carbons (Fsp3) is 0.107. The molecule has 37 heavy (non-hydrogen) atoms.